The van der Waals surface area contributed by atoms with Crippen molar-refractivity contribution in [2.45, 2.75) is 11.8 Å². The van der Waals surface area contributed by atoms with Crippen LogP contribution in [0.2, 0.25) is 0 Å². The molecule has 23 heavy (non-hydrogen) atoms. The maximum Gasteiger partial charge on any atom is 0.349 e. The molecule has 0 amide bonds. The van der Waals surface area contributed by atoms with Gasteiger partial charge in [-0.25, -0.2) is 13.6 Å². The Morgan fingerprint density at radius 1 is 1.00 bits per heavy atom. The van der Waals surface area contributed by atoms with Gasteiger partial charge in [0, 0.05) is 6.07 Å². The van der Waals surface area contributed by atoms with Crippen LogP contribution >= 0.6 is 15.9 Å². The van der Waals surface area contributed by atoms with Crippen LogP contribution in [-0.4, -0.2) is 16.8 Å². The lowest BCUT2D eigenvalue weighted by Crippen LogP contribution is -2.17. The van der Waals surface area contributed by atoms with E-state index in [1.165, 1.54) is 24.3 Å². The van der Waals surface area contributed by atoms with Crippen LogP contribution in [0, 0.1) is 11.6 Å². The highest BCUT2D eigenvalue weighted by molar-refractivity contribution is 9.10. The van der Waals surface area contributed by atoms with E-state index < -0.39 is 34.0 Å². The van der Waals surface area contributed by atoms with Crippen molar-refractivity contribution >= 4 is 27.9 Å². The topological polar surface area (TPSA) is 52.6 Å². The molecule has 0 radical (unpaired) electrons. The number of hydrogen-bond donors (Lipinski definition) is 0. The first kappa shape index (κ1) is 17.1. The van der Waals surface area contributed by atoms with Gasteiger partial charge >= 0.3 is 11.9 Å². The van der Waals surface area contributed by atoms with Crippen LogP contribution in [0.15, 0.2) is 42.5 Å². The van der Waals surface area contributed by atoms with Crippen molar-refractivity contribution in [1.82, 2.24) is 0 Å². The lowest BCUT2D eigenvalue weighted by Gasteiger charge is -2.09. The number of hydrogen-bond acceptors (Lipinski definition) is 4. The predicted octanol–water partition coefficient (Wildman–Crippen LogP) is 3.87. The monoisotopic (exact) mass is 384 g/mol. The van der Waals surface area contributed by atoms with Crippen molar-refractivity contribution in [2.75, 3.05) is 0 Å². The van der Waals surface area contributed by atoms with E-state index in [1.54, 1.807) is 6.92 Å². The average Bonchev–Trinajstić information content (AvgIpc) is 2.47. The molecule has 7 heteroatoms. The van der Waals surface area contributed by atoms with Crippen molar-refractivity contribution in [3.63, 3.8) is 0 Å². The summed E-state index contributed by atoms with van der Waals surface area (Å²) < 4.78 is 37.0. The first-order valence-electron chi connectivity index (χ1n) is 6.50. The molecule has 0 fully saturated rings. The molecule has 0 saturated heterocycles. The van der Waals surface area contributed by atoms with Crippen molar-refractivity contribution in [1.29, 1.82) is 0 Å². The second-order valence-corrected chi connectivity index (χ2v) is 5.87. The summed E-state index contributed by atoms with van der Waals surface area (Å²) in [5.41, 5.74) is -0.788. The van der Waals surface area contributed by atoms with Crippen LogP contribution in [-0.2, 0) is 4.79 Å². The van der Waals surface area contributed by atoms with E-state index in [2.05, 4.69) is 15.9 Å². The highest BCUT2D eigenvalue weighted by Gasteiger charge is 2.19. The van der Waals surface area contributed by atoms with Gasteiger partial charge < -0.3 is 9.47 Å². The van der Waals surface area contributed by atoms with Crippen molar-refractivity contribution in [3.8, 4) is 11.5 Å². The zero-order valence-corrected chi connectivity index (χ0v) is 13.5. The molecule has 2 aromatic rings. The fraction of sp³-hybridized carbons (Fsp3) is 0.125. The van der Waals surface area contributed by atoms with Crippen molar-refractivity contribution in [2.24, 2.45) is 0 Å². The SMILES string of the molecule is CC(Br)C(=O)Oc1cccc(OC(=O)c2c(F)cccc2F)c1. The number of carbonyl (C=O) groups excluding carboxylic acids is 2. The molecule has 0 aliphatic rings. The molecule has 4 nitrogen and oxygen atoms in total. The summed E-state index contributed by atoms with van der Waals surface area (Å²) in [5, 5.41) is 0. The largest absolute Gasteiger partial charge is 0.426 e. The van der Waals surface area contributed by atoms with Crippen molar-refractivity contribution in [3.05, 3.63) is 59.7 Å². The smallest absolute Gasteiger partial charge is 0.349 e. The summed E-state index contributed by atoms with van der Waals surface area (Å²) >= 11 is 3.06. The molecule has 0 N–H and O–H groups in total. The third-order valence-corrected chi connectivity index (χ3v) is 3.10. The lowest BCUT2D eigenvalue weighted by molar-refractivity contribution is -0.133. The number of esters is 2. The Kier molecular flexibility index (Phi) is 5.44. The number of halogens is 3. The molecule has 120 valence electrons. The number of carbonyl (C=O) groups is 2. The second kappa shape index (κ2) is 7.32. The van der Waals surface area contributed by atoms with Gasteiger partial charge in [-0.3, -0.25) is 4.79 Å². The van der Waals surface area contributed by atoms with Crippen LogP contribution in [0.25, 0.3) is 0 Å². The first-order chi connectivity index (χ1) is 10.9. The fourth-order valence-electron chi connectivity index (χ4n) is 1.65. The highest BCUT2D eigenvalue weighted by Crippen LogP contribution is 2.22. The Balaban J connectivity index is 2.17. The van der Waals surface area contributed by atoms with Crippen LogP contribution in [0.3, 0.4) is 0 Å². The van der Waals surface area contributed by atoms with E-state index in [-0.39, 0.29) is 11.5 Å². The van der Waals surface area contributed by atoms with Crippen LogP contribution < -0.4 is 9.47 Å². The predicted molar refractivity (Wildman–Crippen MR) is 81.8 cm³/mol. The zero-order chi connectivity index (χ0) is 17.0. The summed E-state index contributed by atoms with van der Waals surface area (Å²) in [7, 11) is 0. The maximum atomic E-state index is 13.5. The number of alkyl halides is 1. The van der Waals surface area contributed by atoms with E-state index in [0.717, 1.165) is 18.2 Å². The molecule has 0 aliphatic heterocycles. The van der Waals surface area contributed by atoms with E-state index in [9.17, 15) is 18.4 Å². The Hall–Kier alpha value is -2.28. The number of rotatable bonds is 4. The first-order valence-corrected chi connectivity index (χ1v) is 7.42. The van der Waals surface area contributed by atoms with Gasteiger partial charge in [-0.15, -0.1) is 0 Å². The van der Waals surface area contributed by atoms with Crippen LogP contribution in [0.1, 0.15) is 17.3 Å². The molecule has 1 unspecified atom stereocenters. The van der Waals surface area contributed by atoms with Gasteiger partial charge in [0.25, 0.3) is 0 Å². The summed E-state index contributed by atoms with van der Waals surface area (Å²) in [4.78, 5) is 22.8. The molecule has 0 saturated carbocycles. The van der Waals surface area contributed by atoms with Gasteiger partial charge in [0.05, 0.1) is 0 Å². The Morgan fingerprint density at radius 2 is 1.52 bits per heavy atom. The molecular weight excluding hydrogens is 374 g/mol. The van der Waals surface area contributed by atoms with Gasteiger partial charge in [0.1, 0.15) is 33.5 Å². The van der Waals surface area contributed by atoms with E-state index in [1.807, 2.05) is 0 Å². The van der Waals surface area contributed by atoms with Gasteiger partial charge in [-0.2, -0.15) is 0 Å². The summed E-state index contributed by atoms with van der Waals surface area (Å²) in [5.74, 6) is -3.63. The fourth-order valence-corrected chi connectivity index (χ4v) is 1.74. The molecule has 0 spiro atoms. The third-order valence-electron chi connectivity index (χ3n) is 2.73. The molecule has 0 heterocycles. The number of ether oxygens (including phenoxy) is 2. The molecule has 2 aromatic carbocycles. The molecule has 0 aliphatic carbocycles. The van der Waals surface area contributed by atoms with Crippen LogP contribution in [0.4, 0.5) is 8.78 Å². The minimum absolute atomic E-state index is 0.00909. The summed E-state index contributed by atoms with van der Waals surface area (Å²) in [6.45, 7) is 1.59. The summed E-state index contributed by atoms with van der Waals surface area (Å²) in [6.07, 6.45) is 0. The standard InChI is InChI=1S/C16H11BrF2O4/c1-9(17)15(20)22-10-4-2-5-11(8-10)23-16(21)14-12(18)6-3-7-13(14)19/h2-9H,1H3. The van der Waals surface area contributed by atoms with E-state index >= 15 is 0 Å². The summed E-state index contributed by atoms with van der Waals surface area (Å²) in [6, 6.07) is 8.67. The number of benzene rings is 2. The minimum atomic E-state index is -1.18. The molecule has 0 bridgehead atoms. The van der Waals surface area contributed by atoms with Gasteiger partial charge in [-0.05, 0) is 31.2 Å². The van der Waals surface area contributed by atoms with E-state index in [4.69, 9.17) is 9.47 Å². The molecule has 0 aromatic heterocycles. The second-order valence-electron chi connectivity index (χ2n) is 4.50. The molecule has 2 rings (SSSR count). The van der Waals surface area contributed by atoms with Crippen molar-refractivity contribution < 1.29 is 27.8 Å². The molecule has 1 atom stereocenters. The highest BCUT2D eigenvalue weighted by atomic mass is 79.9. The lowest BCUT2D eigenvalue weighted by atomic mass is 10.2. The Morgan fingerprint density at radius 3 is 2.09 bits per heavy atom. The van der Waals surface area contributed by atoms with Gasteiger partial charge in [-0.1, -0.05) is 28.1 Å². The minimum Gasteiger partial charge on any atom is -0.426 e. The van der Waals surface area contributed by atoms with E-state index in [0.29, 0.717) is 0 Å². The van der Waals surface area contributed by atoms with Gasteiger partial charge in [0.15, 0.2) is 0 Å². The third kappa shape index (κ3) is 4.35. The van der Waals surface area contributed by atoms with Gasteiger partial charge in [0.2, 0.25) is 0 Å². The Labute approximate surface area is 139 Å². The maximum absolute atomic E-state index is 13.5. The Bertz CT molecular complexity index is 726. The van der Waals surface area contributed by atoms with Crippen LogP contribution in [0.5, 0.6) is 11.5 Å². The zero-order valence-electron chi connectivity index (χ0n) is 11.9. The normalized spacial score (nSPS) is 11.7. The quantitative estimate of drug-likeness (QED) is 0.456. The average molecular weight is 385 g/mol. The molecular formula is C16H11BrF2O4.